The molecule has 2 aliphatic heterocycles. The fraction of sp³-hybridized carbons (Fsp3) is 0.875. The van der Waals surface area contributed by atoms with Gasteiger partial charge in [0.1, 0.15) is 5.54 Å². The second kappa shape index (κ2) is 6.76. The van der Waals surface area contributed by atoms with Gasteiger partial charge in [-0.15, -0.1) is 0 Å². The minimum absolute atomic E-state index is 0.0320. The smallest absolute Gasteiger partial charge is 0.239 e. The van der Waals surface area contributed by atoms with Crippen LogP contribution in [0.5, 0.6) is 0 Å². The predicted octanol–water partition coefficient (Wildman–Crippen LogP) is 1.31. The number of piperidine rings is 1. The summed E-state index contributed by atoms with van der Waals surface area (Å²) >= 11 is 0. The number of piperazine rings is 1. The third-order valence-electron chi connectivity index (χ3n) is 4.95. The number of hydrogen-bond acceptors (Lipinski definition) is 4. The number of carbonyl (C=O) groups excluding carboxylic acids is 1. The van der Waals surface area contributed by atoms with Gasteiger partial charge in [-0.05, 0) is 40.0 Å². The molecule has 0 bridgehead atoms. The van der Waals surface area contributed by atoms with E-state index in [1.807, 2.05) is 25.7 Å². The Morgan fingerprint density at radius 1 is 1.05 bits per heavy atom. The van der Waals surface area contributed by atoms with Crippen molar-refractivity contribution in [1.82, 2.24) is 14.7 Å². The summed E-state index contributed by atoms with van der Waals surface area (Å²) in [5, 5.41) is 9.21. The maximum absolute atomic E-state index is 12.6. The standard InChI is InChI=1S/C16H28N4O/c1-14(15(21)19-7-5-4-6-8-19)18-9-11-20(12-10-18)16(2,3)13-17/h14H,4-12H2,1-3H3. The fourth-order valence-corrected chi connectivity index (χ4v) is 3.27. The van der Waals surface area contributed by atoms with E-state index in [-0.39, 0.29) is 11.9 Å². The SMILES string of the molecule is CC(C(=O)N1CCCCC1)N1CCN(C(C)(C)C#N)CC1. The van der Waals surface area contributed by atoms with Crippen molar-refractivity contribution in [3.63, 3.8) is 0 Å². The number of rotatable bonds is 3. The first-order valence-corrected chi connectivity index (χ1v) is 8.15. The van der Waals surface area contributed by atoms with Crippen molar-refractivity contribution in [3.8, 4) is 6.07 Å². The molecule has 21 heavy (non-hydrogen) atoms. The van der Waals surface area contributed by atoms with Crippen LogP contribution in [0.15, 0.2) is 0 Å². The quantitative estimate of drug-likeness (QED) is 0.787. The van der Waals surface area contributed by atoms with Crippen LogP contribution in [0.2, 0.25) is 0 Å². The van der Waals surface area contributed by atoms with Crippen molar-refractivity contribution in [3.05, 3.63) is 0 Å². The Morgan fingerprint density at radius 2 is 1.62 bits per heavy atom. The highest BCUT2D eigenvalue weighted by molar-refractivity contribution is 5.81. The molecule has 2 rings (SSSR count). The molecule has 2 fully saturated rings. The fourth-order valence-electron chi connectivity index (χ4n) is 3.27. The Morgan fingerprint density at radius 3 is 2.14 bits per heavy atom. The zero-order chi connectivity index (χ0) is 15.5. The summed E-state index contributed by atoms with van der Waals surface area (Å²) in [5.74, 6) is 0.280. The first kappa shape index (κ1) is 16.3. The van der Waals surface area contributed by atoms with Crippen LogP contribution in [-0.4, -0.2) is 71.5 Å². The van der Waals surface area contributed by atoms with Crippen LogP contribution in [0.1, 0.15) is 40.0 Å². The van der Waals surface area contributed by atoms with Crippen LogP contribution in [-0.2, 0) is 4.79 Å². The lowest BCUT2D eigenvalue weighted by atomic mass is 10.0. The molecular formula is C16H28N4O. The van der Waals surface area contributed by atoms with E-state index in [1.54, 1.807) is 0 Å². The molecule has 118 valence electrons. The topological polar surface area (TPSA) is 50.6 Å². The molecule has 0 aliphatic carbocycles. The van der Waals surface area contributed by atoms with Crippen molar-refractivity contribution in [1.29, 1.82) is 5.26 Å². The first-order chi connectivity index (χ1) is 9.95. The highest BCUT2D eigenvalue weighted by atomic mass is 16.2. The molecule has 1 atom stereocenters. The van der Waals surface area contributed by atoms with Gasteiger partial charge in [0.25, 0.3) is 0 Å². The van der Waals surface area contributed by atoms with Gasteiger partial charge in [-0.25, -0.2) is 0 Å². The Labute approximate surface area is 128 Å². The van der Waals surface area contributed by atoms with Crippen molar-refractivity contribution < 1.29 is 4.79 Å². The molecule has 0 saturated carbocycles. The molecule has 0 aromatic heterocycles. The number of nitrogens with zero attached hydrogens (tertiary/aromatic N) is 4. The third-order valence-corrected chi connectivity index (χ3v) is 4.95. The van der Waals surface area contributed by atoms with E-state index >= 15 is 0 Å². The van der Waals surface area contributed by atoms with Crippen LogP contribution < -0.4 is 0 Å². The van der Waals surface area contributed by atoms with E-state index in [2.05, 4.69) is 15.9 Å². The van der Waals surface area contributed by atoms with E-state index < -0.39 is 5.54 Å². The van der Waals surface area contributed by atoms with Gasteiger partial charge in [-0.3, -0.25) is 14.6 Å². The van der Waals surface area contributed by atoms with Gasteiger partial charge in [0.2, 0.25) is 5.91 Å². The lowest BCUT2D eigenvalue weighted by Gasteiger charge is -2.43. The van der Waals surface area contributed by atoms with Crippen LogP contribution in [0.3, 0.4) is 0 Å². The Kier molecular flexibility index (Phi) is 5.23. The summed E-state index contributed by atoms with van der Waals surface area (Å²) in [6.07, 6.45) is 3.53. The lowest BCUT2D eigenvalue weighted by Crippen LogP contribution is -2.58. The van der Waals surface area contributed by atoms with Gasteiger partial charge in [-0.1, -0.05) is 0 Å². The predicted molar refractivity (Wildman–Crippen MR) is 82.7 cm³/mol. The average molecular weight is 292 g/mol. The highest BCUT2D eigenvalue weighted by Crippen LogP contribution is 2.18. The Hall–Kier alpha value is -1.12. The molecule has 0 aromatic carbocycles. The van der Waals surface area contributed by atoms with E-state index in [0.717, 1.165) is 52.1 Å². The van der Waals surface area contributed by atoms with E-state index in [9.17, 15) is 10.1 Å². The summed E-state index contributed by atoms with van der Waals surface area (Å²) in [7, 11) is 0. The zero-order valence-electron chi connectivity index (χ0n) is 13.6. The van der Waals surface area contributed by atoms with E-state index in [4.69, 9.17) is 0 Å². The number of hydrogen-bond donors (Lipinski definition) is 0. The summed E-state index contributed by atoms with van der Waals surface area (Å²) in [6.45, 7) is 11.3. The van der Waals surface area contributed by atoms with Crippen LogP contribution in [0.4, 0.5) is 0 Å². The maximum atomic E-state index is 12.6. The van der Waals surface area contributed by atoms with Gasteiger partial charge in [0.05, 0.1) is 12.1 Å². The Bertz CT molecular complexity index is 401. The molecule has 2 heterocycles. The lowest BCUT2D eigenvalue weighted by molar-refractivity contribution is -0.138. The number of likely N-dealkylation sites (tertiary alicyclic amines) is 1. The minimum Gasteiger partial charge on any atom is -0.341 e. The van der Waals surface area contributed by atoms with E-state index in [0.29, 0.717) is 0 Å². The summed E-state index contributed by atoms with van der Waals surface area (Å²) < 4.78 is 0. The molecule has 0 N–H and O–H groups in total. The normalized spacial score (nSPS) is 23.6. The third kappa shape index (κ3) is 3.75. The summed E-state index contributed by atoms with van der Waals surface area (Å²) in [4.78, 5) is 19.1. The van der Waals surface area contributed by atoms with Gasteiger partial charge < -0.3 is 4.90 Å². The highest BCUT2D eigenvalue weighted by Gasteiger charge is 2.33. The van der Waals surface area contributed by atoms with E-state index in [1.165, 1.54) is 6.42 Å². The number of carbonyl (C=O) groups is 1. The molecule has 5 heteroatoms. The summed E-state index contributed by atoms with van der Waals surface area (Å²) in [5.41, 5.74) is -0.411. The first-order valence-electron chi connectivity index (χ1n) is 8.15. The average Bonchev–Trinajstić information content (AvgIpc) is 2.54. The second-order valence-electron chi connectivity index (χ2n) is 6.76. The second-order valence-corrected chi connectivity index (χ2v) is 6.76. The number of amides is 1. The van der Waals surface area contributed by atoms with Crippen molar-refractivity contribution in [2.75, 3.05) is 39.3 Å². The molecule has 5 nitrogen and oxygen atoms in total. The van der Waals surface area contributed by atoms with Gasteiger partial charge in [0.15, 0.2) is 0 Å². The van der Waals surface area contributed by atoms with Crippen molar-refractivity contribution in [2.45, 2.75) is 51.6 Å². The van der Waals surface area contributed by atoms with Gasteiger partial charge in [0, 0.05) is 39.3 Å². The zero-order valence-corrected chi connectivity index (χ0v) is 13.6. The van der Waals surface area contributed by atoms with Gasteiger partial charge in [-0.2, -0.15) is 5.26 Å². The molecular weight excluding hydrogens is 264 g/mol. The maximum Gasteiger partial charge on any atom is 0.239 e. The minimum atomic E-state index is -0.411. The molecule has 2 aliphatic rings. The molecule has 0 spiro atoms. The molecule has 1 amide bonds. The van der Waals surface area contributed by atoms with Crippen LogP contribution in [0.25, 0.3) is 0 Å². The van der Waals surface area contributed by atoms with Gasteiger partial charge >= 0.3 is 0 Å². The molecule has 0 radical (unpaired) electrons. The molecule has 0 aromatic rings. The molecule has 2 saturated heterocycles. The summed E-state index contributed by atoms with van der Waals surface area (Å²) in [6, 6.07) is 2.33. The van der Waals surface area contributed by atoms with Crippen LogP contribution >= 0.6 is 0 Å². The monoisotopic (exact) mass is 292 g/mol. The van der Waals surface area contributed by atoms with Crippen LogP contribution in [0, 0.1) is 11.3 Å². The number of nitriles is 1. The van der Waals surface area contributed by atoms with Crippen molar-refractivity contribution >= 4 is 5.91 Å². The molecule has 1 unspecified atom stereocenters. The van der Waals surface area contributed by atoms with Crippen molar-refractivity contribution in [2.24, 2.45) is 0 Å². The largest absolute Gasteiger partial charge is 0.341 e. The Balaban J connectivity index is 1.86.